The van der Waals surface area contributed by atoms with Crippen molar-refractivity contribution in [3.63, 3.8) is 0 Å². The number of hydrogen-bond donors (Lipinski definition) is 1. The van der Waals surface area contributed by atoms with Crippen molar-refractivity contribution in [3.05, 3.63) is 0 Å². The first-order valence-corrected chi connectivity index (χ1v) is 1.85. The Morgan fingerprint density at radius 2 is 2.57 bits per heavy atom. The predicted molar refractivity (Wildman–Crippen MR) is 25.1 cm³/mol. The van der Waals surface area contributed by atoms with E-state index in [-0.39, 0.29) is 6.42 Å². The van der Waals surface area contributed by atoms with Crippen LogP contribution in [0.3, 0.4) is 0 Å². The minimum Gasteiger partial charge on any atom is -0.411 e. The second-order valence-corrected chi connectivity index (χ2v) is 1.17. The van der Waals surface area contributed by atoms with Crippen LogP contribution >= 0.6 is 0 Å². The average molecular weight is 98.1 g/mol. The van der Waals surface area contributed by atoms with Crippen molar-refractivity contribution in [1.82, 2.24) is 0 Å². The summed E-state index contributed by atoms with van der Waals surface area (Å²) in [5, 5.41) is 18.6. The molecule has 0 heterocycles. The Kier molecular flexibility index (Phi) is 2.69. The predicted octanol–water partition coefficient (Wildman–Crippen LogP) is 0.750. The highest BCUT2D eigenvalue weighted by Gasteiger charge is 1.83. The molecule has 0 rings (SSSR count). The Balaban J connectivity index is 3.43. The number of rotatable bonds is 1. The van der Waals surface area contributed by atoms with E-state index >= 15 is 0 Å². The van der Waals surface area contributed by atoms with E-state index in [2.05, 4.69) is 5.16 Å². The molecule has 38 valence electrons. The SMILES string of the molecule is CC(CC#N)=NO. The summed E-state index contributed by atoms with van der Waals surface area (Å²) in [7, 11) is 0. The normalized spacial score (nSPS) is 10.6. The summed E-state index contributed by atoms with van der Waals surface area (Å²) >= 11 is 0. The van der Waals surface area contributed by atoms with Gasteiger partial charge in [-0.25, -0.2) is 0 Å². The fraction of sp³-hybridized carbons (Fsp3) is 0.500. The van der Waals surface area contributed by atoms with E-state index in [9.17, 15) is 0 Å². The third-order valence-corrected chi connectivity index (χ3v) is 0.506. The number of nitrogens with zero attached hydrogens (tertiary/aromatic N) is 2. The van der Waals surface area contributed by atoms with Gasteiger partial charge in [-0.3, -0.25) is 0 Å². The summed E-state index contributed by atoms with van der Waals surface area (Å²) in [6.07, 6.45) is 0.205. The summed E-state index contributed by atoms with van der Waals surface area (Å²) in [5.41, 5.74) is 0.447. The molecular weight excluding hydrogens is 92.1 g/mol. The first kappa shape index (κ1) is 5.96. The highest BCUT2D eigenvalue weighted by molar-refractivity contribution is 5.83. The molecule has 0 aromatic rings. The summed E-state index contributed by atoms with van der Waals surface area (Å²) in [4.78, 5) is 0. The molecule has 3 nitrogen and oxygen atoms in total. The first-order valence-electron chi connectivity index (χ1n) is 1.85. The van der Waals surface area contributed by atoms with Crippen molar-refractivity contribution in [2.75, 3.05) is 0 Å². The van der Waals surface area contributed by atoms with Crippen LogP contribution in [-0.4, -0.2) is 10.9 Å². The Morgan fingerprint density at radius 3 is 2.71 bits per heavy atom. The molecule has 0 unspecified atom stereocenters. The molecule has 0 saturated heterocycles. The van der Waals surface area contributed by atoms with Gasteiger partial charge < -0.3 is 5.21 Å². The molecule has 0 aliphatic carbocycles. The lowest BCUT2D eigenvalue weighted by Crippen LogP contribution is -1.85. The van der Waals surface area contributed by atoms with Crippen LogP contribution in [0.5, 0.6) is 0 Å². The van der Waals surface area contributed by atoms with E-state index < -0.39 is 0 Å². The van der Waals surface area contributed by atoms with Crippen LogP contribution in [0.25, 0.3) is 0 Å². The van der Waals surface area contributed by atoms with Gasteiger partial charge >= 0.3 is 0 Å². The average Bonchev–Trinajstić information content (AvgIpc) is 1.68. The Morgan fingerprint density at radius 1 is 2.00 bits per heavy atom. The van der Waals surface area contributed by atoms with Crippen molar-refractivity contribution in [2.45, 2.75) is 13.3 Å². The molecule has 0 aromatic heterocycles. The van der Waals surface area contributed by atoms with E-state index in [1.807, 2.05) is 6.07 Å². The van der Waals surface area contributed by atoms with Crippen molar-refractivity contribution in [3.8, 4) is 6.07 Å². The molecule has 0 aliphatic heterocycles. The summed E-state index contributed by atoms with van der Waals surface area (Å²) in [5.74, 6) is 0. The van der Waals surface area contributed by atoms with Gasteiger partial charge in [0, 0.05) is 0 Å². The third-order valence-electron chi connectivity index (χ3n) is 0.506. The van der Waals surface area contributed by atoms with Crippen molar-refractivity contribution in [2.24, 2.45) is 5.16 Å². The van der Waals surface area contributed by atoms with Crippen molar-refractivity contribution >= 4 is 5.71 Å². The van der Waals surface area contributed by atoms with Gasteiger partial charge in [-0.05, 0) is 6.92 Å². The van der Waals surface area contributed by atoms with Crippen molar-refractivity contribution in [1.29, 1.82) is 5.26 Å². The molecule has 0 bridgehead atoms. The maximum atomic E-state index is 7.93. The van der Waals surface area contributed by atoms with Gasteiger partial charge in [0.15, 0.2) is 0 Å². The van der Waals surface area contributed by atoms with E-state index in [1.54, 1.807) is 6.92 Å². The van der Waals surface area contributed by atoms with E-state index in [0.717, 1.165) is 0 Å². The quantitative estimate of drug-likeness (QED) is 0.299. The van der Waals surface area contributed by atoms with Gasteiger partial charge in [0.25, 0.3) is 0 Å². The first-order chi connectivity index (χ1) is 3.31. The molecule has 0 aromatic carbocycles. The summed E-state index contributed by atoms with van der Waals surface area (Å²) < 4.78 is 0. The van der Waals surface area contributed by atoms with E-state index in [0.29, 0.717) is 5.71 Å². The Labute approximate surface area is 41.9 Å². The lowest BCUT2D eigenvalue weighted by Gasteiger charge is -1.80. The van der Waals surface area contributed by atoms with Crippen LogP contribution in [-0.2, 0) is 0 Å². The molecule has 0 spiro atoms. The largest absolute Gasteiger partial charge is 0.411 e. The Hall–Kier alpha value is -1.04. The van der Waals surface area contributed by atoms with E-state index in [1.165, 1.54) is 0 Å². The topological polar surface area (TPSA) is 56.4 Å². The molecule has 0 saturated carbocycles. The Bertz CT molecular complexity index is 111. The van der Waals surface area contributed by atoms with Crippen LogP contribution in [0.4, 0.5) is 0 Å². The highest BCUT2D eigenvalue weighted by Crippen LogP contribution is 1.78. The number of oxime groups is 1. The molecule has 0 aliphatic rings. The molecule has 7 heavy (non-hydrogen) atoms. The zero-order valence-electron chi connectivity index (χ0n) is 4.05. The molecule has 0 fully saturated rings. The molecule has 0 amide bonds. The van der Waals surface area contributed by atoms with Crippen LogP contribution in [0.2, 0.25) is 0 Å². The van der Waals surface area contributed by atoms with Crippen molar-refractivity contribution < 1.29 is 5.21 Å². The third kappa shape index (κ3) is 2.77. The maximum absolute atomic E-state index is 7.93. The van der Waals surface area contributed by atoms with Gasteiger partial charge in [-0.1, -0.05) is 5.16 Å². The van der Waals surface area contributed by atoms with Gasteiger partial charge in [-0.15, -0.1) is 0 Å². The zero-order valence-corrected chi connectivity index (χ0v) is 4.05. The van der Waals surface area contributed by atoms with Crippen LogP contribution < -0.4 is 0 Å². The summed E-state index contributed by atoms with van der Waals surface area (Å²) in [6.45, 7) is 1.59. The molecule has 1 N–H and O–H groups in total. The second-order valence-electron chi connectivity index (χ2n) is 1.17. The highest BCUT2D eigenvalue weighted by atomic mass is 16.4. The minimum absolute atomic E-state index is 0.205. The number of hydrogen-bond acceptors (Lipinski definition) is 3. The van der Waals surface area contributed by atoms with Crippen LogP contribution in [0.1, 0.15) is 13.3 Å². The monoisotopic (exact) mass is 98.0 g/mol. The molecule has 3 heteroatoms. The van der Waals surface area contributed by atoms with Gasteiger partial charge in [0.2, 0.25) is 0 Å². The molecular formula is C4H6N2O. The van der Waals surface area contributed by atoms with Gasteiger partial charge in [0.1, 0.15) is 0 Å². The second kappa shape index (κ2) is 3.16. The van der Waals surface area contributed by atoms with Crippen LogP contribution in [0.15, 0.2) is 5.16 Å². The van der Waals surface area contributed by atoms with Gasteiger partial charge in [0.05, 0.1) is 18.2 Å². The minimum atomic E-state index is 0.205. The lowest BCUT2D eigenvalue weighted by molar-refractivity contribution is 0.318. The fourth-order valence-corrected chi connectivity index (χ4v) is 0.150. The van der Waals surface area contributed by atoms with Gasteiger partial charge in [-0.2, -0.15) is 5.26 Å². The van der Waals surface area contributed by atoms with E-state index in [4.69, 9.17) is 10.5 Å². The lowest BCUT2D eigenvalue weighted by atomic mass is 10.3. The number of nitriles is 1. The van der Waals surface area contributed by atoms with Crippen LogP contribution in [0, 0.1) is 11.3 Å². The standard InChI is InChI=1S/C4H6N2O/c1-4(6-7)2-3-5/h7H,2H2,1H3. The molecule has 0 radical (unpaired) electrons. The zero-order chi connectivity index (χ0) is 5.70. The molecule has 0 atom stereocenters. The smallest absolute Gasteiger partial charge is 0.0765 e. The maximum Gasteiger partial charge on any atom is 0.0765 e. The fourth-order valence-electron chi connectivity index (χ4n) is 0.150. The summed E-state index contributed by atoms with van der Waals surface area (Å²) in [6, 6.07) is 1.83.